The molecule has 0 aliphatic heterocycles. The summed E-state index contributed by atoms with van der Waals surface area (Å²) in [7, 11) is 0. The number of hydrogen-bond acceptors (Lipinski definition) is 1. The SMILES string of the molecule is CCCCCC1CCCCC1NCC. The zero-order valence-corrected chi connectivity index (χ0v) is 10.0. The highest BCUT2D eigenvalue weighted by Crippen LogP contribution is 2.28. The van der Waals surface area contributed by atoms with Gasteiger partial charge in [-0.2, -0.15) is 0 Å². The van der Waals surface area contributed by atoms with Gasteiger partial charge in [-0.15, -0.1) is 0 Å². The van der Waals surface area contributed by atoms with E-state index in [9.17, 15) is 0 Å². The Morgan fingerprint density at radius 2 is 1.86 bits per heavy atom. The second kappa shape index (κ2) is 7.28. The van der Waals surface area contributed by atoms with Crippen LogP contribution in [0.3, 0.4) is 0 Å². The Morgan fingerprint density at radius 1 is 1.07 bits per heavy atom. The van der Waals surface area contributed by atoms with E-state index in [0.29, 0.717) is 0 Å². The molecule has 0 saturated heterocycles. The fraction of sp³-hybridized carbons (Fsp3) is 1.00. The molecule has 0 aromatic rings. The lowest BCUT2D eigenvalue weighted by Gasteiger charge is -2.32. The predicted molar refractivity (Wildman–Crippen MR) is 63.6 cm³/mol. The minimum absolute atomic E-state index is 0.839. The zero-order valence-electron chi connectivity index (χ0n) is 10.0. The van der Waals surface area contributed by atoms with Crippen LogP contribution in [-0.4, -0.2) is 12.6 Å². The summed E-state index contributed by atoms with van der Waals surface area (Å²) in [6.07, 6.45) is 11.5. The molecule has 1 aliphatic carbocycles. The van der Waals surface area contributed by atoms with E-state index >= 15 is 0 Å². The first-order valence-corrected chi connectivity index (χ1v) is 6.61. The molecule has 0 radical (unpaired) electrons. The van der Waals surface area contributed by atoms with Crippen LogP contribution in [0.15, 0.2) is 0 Å². The second-order valence-electron chi connectivity index (χ2n) is 4.70. The van der Waals surface area contributed by atoms with Crippen LogP contribution in [-0.2, 0) is 0 Å². The lowest BCUT2D eigenvalue weighted by molar-refractivity contribution is 0.247. The van der Waals surface area contributed by atoms with Gasteiger partial charge in [-0.1, -0.05) is 46.0 Å². The monoisotopic (exact) mass is 197 g/mol. The van der Waals surface area contributed by atoms with E-state index < -0.39 is 0 Å². The summed E-state index contributed by atoms with van der Waals surface area (Å²) >= 11 is 0. The van der Waals surface area contributed by atoms with Crippen molar-refractivity contribution >= 4 is 0 Å². The van der Waals surface area contributed by atoms with Gasteiger partial charge in [0.1, 0.15) is 0 Å². The van der Waals surface area contributed by atoms with Crippen molar-refractivity contribution in [1.82, 2.24) is 5.32 Å². The highest BCUT2D eigenvalue weighted by atomic mass is 14.9. The maximum absolute atomic E-state index is 3.66. The quantitative estimate of drug-likeness (QED) is 0.640. The summed E-state index contributed by atoms with van der Waals surface area (Å²) in [6.45, 7) is 5.68. The molecule has 0 heterocycles. The van der Waals surface area contributed by atoms with Crippen LogP contribution in [0, 0.1) is 5.92 Å². The maximum Gasteiger partial charge on any atom is 0.00952 e. The first-order chi connectivity index (χ1) is 6.88. The van der Waals surface area contributed by atoms with Crippen molar-refractivity contribution in [2.24, 2.45) is 5.92 Å². The molecular formula is C13H27N. The number of nitrogens with one attached hydrogen (secondary N) is 1. The predicted octanol–water partition coefficient (Wildman–Crippen LogP) is 3.74. The molecule has 2 atom stereocenters. The molecule has 14 heavy (non-hydrogen) atoms. The second-order valence-corrected chi connectivity index (χ2v) is 4.70. The Balaban J connectivity index is 2.22. The summed E-state index contributed by atoms with van der Waals surface area (Å²) in [5.74, 6) is 0.982. The van der Waals surface area contributed by atoms with E-state index in [4.69, 9.17) is 0 Å². The molecule has 1 saturated carbocycles. The van der Waals surface area contributed by atoms with Gasteiger partial charge >= 0.3 is 0 Å². The van der Waals surface area contributed by atoms with Gasteiger partial charge in [0.2, 0.25) is 0 Å². The Kier molecular flexibility index (Phi) is 6.25. The van der Waals surface area contributed by atoms with Gasteiger partial charge < -0.3 is 5.32 Å². The summed E-state index contributed by atoms with van der Waals surface area (Å²) < 4.78 is 0. The van der Waals surface area contributed by atoms with Crippen LogP contribution in [0.4, 0.5) is 0 Å². The summed E-state index contributed by atoms with van der Waals surface area (Å²) in [6, 6.07) is 0.839. The molecule has 1 N–H and O–H groups in total. The largest absolute Gasteiger partial charge is 0.314 e. The summed E-state index contributed by atoms with van der Waals surface area (Å²) in [4.78, 5) is 0. The molecule has 1 heteroatoms. The van der Waals surface area contributed by atoms with Crippen LogP contribution < -0.4 is 5.32 Å². The van der Waals surface area contributed by atoms with Crippen LogP contribution >= 0.6 is 0 Å². The van der Waals surface area contributed by atoms with Crippen LogP contribution in [0.5, 0.6) is 0 Å². The van der Waals surface area contributed by atoms with Gasteiger partial charge in [-0.25, -0.2) is 0 Å². The zero-order chi connectivity index (χ0) is 10.2. The maximum atomic E-state index is 3.66. The average molecular weight is 197 g/mol. The third-order valence-corrected chi connectivity index (χ3v) is 3.55. The molecule has 0 bridgehead atoms. The molecule has 0 aromatic heterocycles. The lowest BCUT2D eigenvalue weighted by Crippen LogP contribution is -2.38. The van der Waals surface area contributed by atoms with Crippen LogP contribution in [0.2, 0.25) is 0 Å². The van der Waals surface area contributed by atoms with Crippen LogP contribution in [0.25, 0.3) is 0 Å². The van der Waals surface area contributed by atoms with Gasteiger partial charge in [0.05, 0.1) is 0 Å². The van der Waals surface area contributed by atoms with Gasteiger partial charge in [-0.3, -0.25) is 0 Å². The highest BCUT2D eigenvalue weighted by molar-refractivity contribution is 4.80. The molecule has 0 aromatic carbocycles. The Labute approximate surface area is 89.7 Å². The van der Waals surface area contributed by atoms with E-state index in [-0.39, 0.29) is 0 Å². The van der Waals surface area contributed by atoms with Crippen molar-refractivity contribution in [3.05, 3.63) is 0 Å². The summed E-state index contributed by atoms with van der Waals surface area (Å²) in [5, 5.41) is 3.66. The van der Waals surface area contributed by atoms with E-state index in [0.717, 1.165) is 18.5 Å². The fourth-order valence-corrected chi connectivity index (χ4v) is 2.74. The van der Waals surface area contributed by atoms with Crippen molar-refractivity contribution in [2.75, 3.05) is 6.54 Å². The molecule has 1 nitrogen and oxygen atoms in total. The number of unbranched alkanes of at least 4 members (excludes halogenated alkanes) is 2. The van der Waals surface area contributed by atoms with Crippen molar-refractivity contribution < 1.29 is 0 Å². The number of rotatable bonds is 6. The standard InChI is InChI=1S/C13H27N/c1-3-5-6-9-12-10-7-8-11-13(12)14-4-2/h12-14H,3-11H2,1-2H3. The fourth-order valence-electron chi connectivity index (χ4n) is 2.74. The summed E-state index contributed by atoms with van der Waals surface area (Å²) in [5.41, 5.74) is 0. The molecule has 0 spiro atoms. The molecule has 2 unspecified atom stereocenters. The lowest BCUT2D eigenvalue weighted by atomic mass is 9.81. The Morgan fingerprint density at radius 3 is 2.57 bits per heavy atom. The van der Waals surface area contributed by atoms with Gasteiger partial charge in [0, 0.05) is 6.04 Å². The number of hydrogen-bond donors (Lipinski definition) is 1. The minimum atomic E-state index is 0.839. The first kappa shape index (κ1) is 12.0. The molecule has 1 fully saturated rings. The van der Waals surface area contributed by atoms with Crippen molar-refractivity contribution in [3.8, 4) is 0 Å². The van der Waals surface area contributed by atoms with Crippen molar-refractivity contribution in [1.29, 1.82) is 0 Å². The molecule has 1 aliphatic rings. The highest BCUT2D eigenvalue weighted by Gasteiger charge is 2.23. The first-order valence-electron chi connectivity index (χ1n) is 6.61. The van der Waals surface area contributed by atoms with Gasteiger partial charge in [0.25, 0.3) is 0 Å². The molecule has 1 rings (SSSR count). The topological polar surface area (TPSA) is 12.0 Å². The third-order valence-electron chi connectivity index (χ3n) is 3.55. The Bertz CT molecular complexity index is 131. The van der Waals surface area contributed by atoms with E-state index in [1.54, 1.807) is 0 Å². The molecule has 84 valence electrons. The van der Waals surface area contributed by atoms with Crippen molar-refractivity contribution in [3.63, 3.8) is 0 Å². The normalized spacial score (nSPS) is 27.9. The van der Waals surface area contributed by atoms with Gasteiger partial charge in [-0.05, 0) is 31.7 Å². The average Bonchev–Trinajstić information content (AvgIpc) is 2.21. The van der Waals surface area contributed by atoms with Gasteiger partial charge in [0.15, 0.2) is 0 Å². The van der Waals surface area contributed by atoms with E-state index in [2.05, 4.69) is 19.2 Å². The Hall–Kier alpha value is -0.0400. The minimum Gasteiger partial charge on any atom is -0.314 e. The third kappa shape index (κ3) is 4.00. The van der Waals surface area contributed by atoms with Crippen molar-refractivity contribution in [2.45, 2.75) is 71.3 Å². The smallest absolute Gasteiger partial charge is 0.00952 e. The van der Waals surface area contributed by atoms with E-state index in [1.165, 1.54) is 51.4 Å². The van der Waals surface area contributed by atoms with E-state index in [1.807, 2.05) is 0 Å². The molecule has 0 amide bonds. The molecular weight excluding hydrogens is 170 g/mol. The van der Waals surface area contributed by atoms with Crippen LogP contribution in [0.1, 0.15) is 65.2 Å².